The molecule has 2 N–H and O–H groups in total. The fourth-order valence-electron chi connectivity index (χ4n) is 3.06. The minimum Gasteiger partial charge on any atom is -0.371 e. The van der Waals surface area contributed by atoms with Crippen LogP contribution in [0.4, 0.5) is 0 Å². The first-order valence-electron chi connectivity index (χ1n) is 8.54. The quantitative estimate of drug-likeness (QED) is 0.544. The molecule has 0 aliphatic heterocycles. The molecule has 8 nitrogen and oxygen atoms in total. The molecule has 0 atom stereocenters. The van der Waals surface area contributed by atoms with E-state index >= 15 is 0 Å². The van der Waals surface area contributed by atoms with E-state index in [0.717, 1.165) is 16.6 Å². The fourth-order valence-corrected chi connectivity index (χ4v) is 3.44. The van der Waals surface area contributed by atoms with Crippen molar-refractivity contribution in [3.8, 4) is 22.9 Å². The van der Waals surface area contributed by atoms with Crippen molar-refractivity contribution < 1.29 is 12.6 Å². The second kappa shape index (κ2) is 7.35. The lowest BCUT2D eigenvalue weighted by atomic mass is 10.0. The Balaban J connectivity index is 1.68. The molecule has 0 saturated heterocycles. The van der Waals surface area contributed by atoms with Gasteiger partial charge >= 0.3 is 10.3 Å². The number of aromatic nitrogens is 3. The highest BCUT2D eigenvalue weighted by Gasteiger charge is 2.11. The second-order valence-corrected chi connectivity index (χ2v) is 7.47. The summed E-state index contributed by atoms with van der Waals surface area (Å²) >= 11 is 0. The number of pyridine rings is 1. The fraction of sp³-hybridized carbons (Fsp3) is 0.0500. The molecule has 2 heterocycles. The summed E-state index contributed by atoms with van der Waals surface area (Å²) in [5.41, 5.74) is 4.41. The van der Waals surface area contributed by atoms with Gasteiger partial charge in [-0.05, 0) is 41.5 Å². The van der Waals surface area contributed by atoms with Gasteiger partial charge in [-0.1, -0.05) is 24.3 Å². The largest absolute Gasteiger partial charge is 0.380 e. The molecule has 0 aliphatic carbocycles. The van der Waals surface area contributed by atoms with Crippen molar-refractivity contribution in [1.82, 2.24) is 14.5 Å². The van der Waals surface area contributed by atoms with E-state index < -0.39 is 10.3 Å². The highest BCUT2D eigenvalue weighted by molar-refractivity contribution is 7.84. The number of fused-ring (bicyclic) bond motifs is 1. The van der Waals surface area contributed by atoms with Crippen molar-refractivity contribution in [3.05, 3.63) is 78.4 Å². The monoisotopic (exact) mass is 405 g/mol. The number of nitrogens with zero attached hydrogens (tertiary/aromatic N) is 4. The zero-order valence-electron chi connectivity index (χ0n) is 15.1. The van der Waals surface area contributed by atoms with Crippen LogP contribution in [0.5, 0.6) is 5.75 Å². The van der Waals surface area contributed by atoms with Crippen LogP contribution in [0, 0.1) is 11.3 Å². The summed E-state index contributed by atoms with van der Waals surface area (Å²) in [6.45, 7) is 0.541. The van der Waals surface area contributed by atoms with E-state index in [1.807, 2.05) is 34.9 Å². The Labute approximate surface area is 167 Å². The summed E-state index contributed by atoms with van der Waals surface area (Å²) in [6.07, 6.45) is 3.43. The van der Waals surface area contributed by atoms with Gasteiger partial charge in [0.25, 0.3) is 0 Å². The number of imidazole rings is 1. The Kier molecular flexibility index (Phi) is 4.72. The van der Waals surface area contributed by atoms with Crippen molar-refractivity contribution in [2.24, 2.45) is 5.14 Å². The molecule has 0 spiro atoms. The van der Waals surface area contributed by atoms with Crippen LogP contribution in [0.1, 0.15) is 11.3 Å². The van der Waals surface area contributed by atoms with Crippen LogP contribution in [0.25, 0.3) is 22.2 Å². The molecular formula is C20H15N5O3S. The Morgan fingerprint density at radius 1 is 1.10 bits per heavy atom. The lowest BCUT2D eigenvalue weighted by Gasteiger charge is -2.09. The molecule has 0 aliphatic rings. The normalized spacial score (nSPS) is 11.3. The predicted octanol–water partition coefficient (Wildman–Crippen LogP) is 2.60. The number of hydrogen-bond acceptors (Lipinski definition) is 6. The van der Waals surface area contributed by atoms with Crippen molar-refractivity contribution in [3.63, 3.8) is 0 Å². The number of rotatable bonds is 5. The molecule has 0 radical (unpaired) electrons. The number of nitriles is 1. The summed E-state index contributed by atoms with van der Waals surface area (Å²) in [7, 11) is -4.09. The third kappa shape index (κ3) is 4.08. The molecule has 2 aromatic carbocycles. The van der Waals surface area contributed by atoms with Crippen molar-refractivity contribution in [1.29, 1.82) is 5.26 Å². The van der Waals surface area contributed by atoms with Crippen LogP contribution >= 0.6 is 0 Å². The molecule has 0 fully saturated rings. The van der Waals surface area contributed by atoms with Gasteiger partial charge in [-0.25, -0.2) is 9.97 Å². The average Bonchev–Trinajstić information content (AvgIpc) is 3.10. The summed E-state index contributed by atoms with van der Waals surface area (Å²) in [6, 6.07) is 18.0. The zero-order valence-corrected chi connectivity index (χ0v) is 15.9. The topological polar surface area (TPSA) is 124 Å². The standard InChI is InChI=1S/C20H15N5O3S/c21-10-19-17(15-5-7-16(8-6-15)28-29(22,26)27)9-14(11-23-19)12-25-13-24-18-3-1-2-4-20(18)25/h1-9,11,13H,12H2,(H2,22,26,27). The Morgan fingerprint density at radius 3 is 2.59 bits per heavy atom. The lowest BCUT2D eigenvalue weighted by molar-refractivity contribution is 0.488. The molecule has 4 aromatic rings. The van der Waals surface area contributed by atoms with Crippen molar-refractivity contribution in [2.45, 2.75) is 6.54 Å². The summed E-state index contributed by atoms with van der Waals surface area (Å²) in [4.78, 5) is 8.66. The Hall–Kier alpha value is -3.74. The number of hydrogen-bond donors (Lipinski definition) is 1. The van der Waals surface area contributed by atoms with Gasteiger partial charge in [-0.2, -0.15) is 18.8 Å². The van der Waals surface area contributed by atoms with E-state index in [1.54, 1.807) is 24.7 Å². The van der Waals surface area contributed by atoms with Gasteiger partial charge < -0.3 is 8.75 Å². The first-order chi connectivity index (χ1) is 13.9. The number of nitrogens with two attached hydrogens (primary N) is 1. The van der Waals surface area contributed by atoms with E-state index in [2.05, 4.69) is 20.2 Å². The van der Waals surface area contributed by atoms with Gasteiger partial charge in [0.2, 0.25) is 0 Å². The van der Waals surface area contributed by atoms with E-state index in [-0.39, 0.29) is 11.4 Å². The maximum atomic E-state index is 11.0. The first kappa shape index (κ1) is 18.6. The molecule has 2 aromatic heterocycles. The van der Waals surface area contributed by atoms with Crippen LogP contribution in [-0.4, -0.2) is 23.0 Å². The van der Waals surface area contributed by atoms with Crippen molar-refractivity contribution >= 4 is 21.3 Å². The third-order valence-corrected chi connectivity index (χ3v) is 4.73. The van der Waals surface area contributed by atoms with Gasteiger partial charge in [-0.15, -0.1) is 0 Å². The molecule has 0 unspecified atom stereocenters. The average molecular weight is 405 g/mol. The minimum absolute atomic E-state index is 0.0868. The van der Waals surface area contributed by atoms with Crippen molar-refractivity contribution in [2.75, 3.05) is 0 Å². The van der Waals surface area contributed by atoms with E-state index in [0.29, 0.717) is 17.7 Å². The van der Waals surface area contributed by atoms with Crippen LogP contribution in [0.3, 0.4) is 0 Å². The highest BCUT2D eigenvalue weighted by Crippen LogP contribution is 2.26. The maximum absolute atomic E-state index is 11.0. The van der Waals surface area contributed by atoms with Crippen LogP contribution in [-0.2, 0) is 16.8 Å². The van der Waals surface area contributed by atoms with E-state index in [1.165, 1.54) is 12.1 Å². The van der Waals surface area contributed by atoms with Gasteiger partial charge in [0, 0.05) is 11.8 Å². The maximum Gasteiger partial charge on any atom is 0.380 e. The third-order valence-electron chi connectivity index (χ3n) is 4.31. The molecule has 0 saturated carbocycles. The van der Waals surface area contributed by atoms with Crippen LogP contribution in [0.2, 0.25) is 0 Å². The van der Waals surface area contributed by atoms with E-state index in [9.17, 15) is 13.7 Å². The number of para-hydroxylation sites is 2. The smallest absolute Gasteiger partial charge is 0.371 e. The first-order valence-corrected chi connectivity index (χ1v) is 10.0. The van der Waals surface area contributed by atoms with Crippen LogP contribution in [0.15, 0.2) is 67.1 Å². The lowest BCUT2D eigenvalue weighted by Crippen LogP contribution is -2.18. The molecule has 0 bridgehead atoms. The highest BCUT2D eigenvalue weighted by atomic mass is 32.2. The van der Waals surface area contributed by atoms with Gasteiger partial charge in [0.15, 0.2) is 0 Å². The summed E-state index contributed by atoms with van der Waals surface area (Å²) in [5.74, 6) is 0.0868. The number of benzene rings is 2. The summed E-state index contributed by atoms with van der Waals surface area (Å²) in [5, 5.41) is 14.3. The Bertz CT molecular complexity index is 1340. The minimum atomic E-state index is -4.09. The van der Waals surface area contributed by atoms with Gasteiger partial charge in [-0.3, -0.25) is 0 Å². The molecule has 29 heavy (non-hydrogen) atoms. The molecular weight excluding hydrogens is 390 g/mol. The zero-order chi connectivity index (χ0) is 20.4. The van der Waals surface area contributed by atoms with Crippen LogP contribution < -0.4 is 9.32 Å². The molecule has 0 amide bonds. The predicted molar refractivity (Wildman–Crippen MR) is 107 cm³/mol. The molecule has 9 heteroatoms. The molecule has 144 valence electrons. The van der Waals surface area contributed by atoms with Gasteiger partial charge in [0.05, 0.1) is 23.9 Å². The second-order valence-electron chi connectivity index (χ2n) is 6.31. The molecule has 4 rings (SSSR count). The Morgan fingerprint density at radius 2 is 1.86 bits per heavy atom. The van der Waals surface area contributed by atoms with E-state index in [4.69, 9.17) is 5.14 Å². The summed E-state index contributed by atoms with van der Waals surface area (Å²) < 4.78 is 28.7. The van der Waals surface area contributed by atoms with Gasteiger partial charge in [0.1, 0.15) is 17.5 Å². The SMILES string of the molecule is N#Cc1ncc(Cn2cnc3ccccc32)cc1-c1ccc(OS(N)(=O)=O)cc1.